The van der Waals surface area contributed by atoms with Gasteiger partial charge in [-0.1, -0.05) is 6.92 Å². The molecule has 0 saturated carbocycles. The van der Waals surface area contributed by atoms with Crippen LogP contribution in [0, 0.1) is 0 Å². The topological polar surface area (TPSA) is 58.6 Å². The van der Waals surface area contributed by atoms with E-state index in [1.807, 2.05) is 26.2 Å². The van der Waals surface area contributed by atoms with Gasteiger partial charge >= 0.3 is 0 Å². The van der Waals surface area contributed by atoms with Crippen molar-refractivity contribution in [2.24, 2.45) is 0 Å². The summed E-state index contributed by atoms with van der Waals surface area (Å²) in [7, 11) is -3.39. The molecule has 1 aromatic rings. The predicted octanol–water partition coefficient (Wildman–Crippen LogP) is 1.66. The molecule has 114 valence electrons. The molecule has 2 heterocycles. The van der Waals surface area contributed by atoms with Gasteiger partial charge in [0.05, 0.1) is 12.2 Å². The van der Waals surface area contributed by atoms with Crippen molar-refractivity contribution in [1.82, 2.24) is 9.62 Å². The number of nitrogens with one attached hydrogen (secondary N) is 1. The van der Waals surface area contributed by atoms with E-state index in [2.05, 4.69) is 5.32 Å². The summed E-state index contributed by atoms with van der Waals surface area (Å²) < 4.78 is 32.8. The fourth-order valence-corrected chi connectivity index (χ4v) is 5.26. The van der Waals surface area contributed by atoms with Gasteiger partial charge in [0.25, 0.3) is 10.0 Å². The monoisotopic (exact) mass is 318 g/mol. The average molecular weight is 318 g/mol. The highest BCUT2D eigenvalue weighted by Crippen LogP contribution is 2.26. The Bertz CT molecular complexity index is 532. The van der Waals surface area contributed by atoms with Crippen molar-refractivity contribution in [3.8, 4) is 0 Å². The first-order valence-electron chi connectivity index (χ1n) is 6.87. The molecule has 2 rings (SSSR count). The first-order chi connectivity index (χ1) is 9.43. The van der Waals surface area contributed by atoms with E-state index in [0.717, 1.165) is 12.1 Å². The number of hydrogen-bond donors (Lipinski definition) is 1. The molecule has 1 N–H and O–H groups in total. The van der Waals surface area contributed by atoms with E-state index in [-0.39, 0.29) is 12.2 Å². The van der Waals surface area contributed by atoms with E-state index in [1.165, 1.54) is 15.6 Å². The standard InChI is InChI=1S/C13H22N2O3S2/c1-4-14-6-12-5-13(19-9-12)20(16,17)15-7-10(2)18-11(3)8-15/h5,9-11,14H,4,6-8H2,1-3H3/t10-,11+. The predicted molar refractivity (Wildman–Crippen MR) is 80.5 cm³/mol. The third-order valence-corrected chi connectivity index (χ3v) is 6.48. The quantitative estimate of drug-likeness (QED) is 0.897. The maximum atomic E-state index is 12.6. The third-order valence-electron chi connectivity index (χ3n) is 3.19. The number of morpholine rings is 1. The summed E-state index contributed by atoms with van der Waals surface area (Å²) in [4.78, 5) is 0. The Morgan fingerprint density at radius 2 is 2.05 bits per heavy atom. The molecular formula is C13H22N2O3S2. The van der Waals surface area contributed by atoms with Crippen LogP contribution in [0.15, 0.2) is 15.7 Å². The Balaban J connectivity index is 2.15. The highest BCUT2D eigenvalue weighted by Gasteiger charge is 2.33. The van der Waals surface area contributed by atoms with Gasteiger partial charge in [-0.15, -0.1) is 11.3 Å². The second-order valence-electron chi connectivity index (χ2n) is 5.13. The minimum Gasteiger partial charge on any atom is -0.373 e. The molecule has 1 saturated heterocycles. The van der Waals surface area contributed by atoms with Crippen molar-refractivity contribution >= 4 is 21.4 Å². The molecule has 1 aliphatic rings. The first-order valence-corrected chi connectivity index (χ1v) is 9.19. The highest BCUT2D eigenvalue weighted by molar-refractivity contribution is 7.91. The van der Waals surface area contributed by atoms with E-state index in [4.69, 9.17) is 4.74 Å². The Labute approximate surface area is 125 Å². The zero-order valence-electron chi connectivity index (χ0n) is 12.1. The summed E-state index contributed by atoms with van der Waals surface area (Å²) in [5, 5.41) is 5.11. The molecule has 0 aliphatic carbocycles. The normalized spacial score (nSPS) is 24.9. The van der Waals surface area contributed by atoms with Gasteiger partial charge in [0, 0.05) is 19.6 Å². The van der Waals surface area contributed by atoms with Gasteiger partial charge < -0.3 is 10.1 Å². The molecule has 7 heteroatoms. The molecule has 1 aromatic heterocycles. The molecule has 1 aliphatic heterocycles. The minimum absolute atomic E-state index is 0.0604. The summed E-state index contributed by atoms with van der Waals surface area (Å²) in [5.74, 6) is 0. The van der Waals surface area contributed by atoms with E-state index in [0.29, 0.717) is 23.8 Å². The van der Waals surface area contributed by atoms with Gasteiger partial charge in [0.15, 0.2) is 0 Å². The van der Waals surface area contributed by atoms with Crippen LogP contribution in [0.3, 0.4) is 0 Å². The second-order valence-corrected chi connectivity index (χ2v) is 8.21. The van der Waals surface area contributed by atoms with Crippen LogP contribution in [0.1, 0.15) is 26.3 Å². The molecule has 0 radical (unpaired) electrons. The SMILES string of the molecule is CCNCc1csc(S(=O)(=O)N2C[C@@H](C)O[C@@H](C)C2)c1. The lowest BCUT2D eigenvalue weighted by Gasteiger charge is -2.34. The van der Waals surface area contributed by atoms with Crippen LogP contribution in [-0.4, -0.2) is 44.6 Å². The van der Waals surface area contributed by atoms with Crippen LogP contribution in [0.5, 0.6) is 0 Å². The number of ether oxygens (including phenoxy) is 1. The van der Waals surface area contributed by atoms with Crippen molar-refractivity contribution in [2.45, 2.75) is 43.7 Å². The van der Waals surface area contributed by atoms with Gasteiger partial charge in [-0.3, -0.25) is 0 Å². The maximum Gasteiger partial charge on any atom is 0.252 e. The van der Waals surface area contributed by atoms with E-state index >= 15 is 0 Å². The molecule has 2 atom stereocenters. The molecule has 1 fully saturated rings. The largest absolute Gasteiger partial charge is 0.373 e. The van der Waals surface area contributed by atoms with Crippen molar-refractivity contribution < 1.29 is 13.2 Å². The van der Waals surface area contributed by atoms with Crippen molar-refractivity contribution in [3.05, 3.63) is 17.0 Å². The molecule has 0 unspecified atom stereocenters. The summed E-state index contributed by atoms with van der Waals surface area (Å²) in [6.07, 6.45) is -0.121. The van der Waals surface area contributed by atoms with Gasteiger partial charge in [-0.2, -0.15) is 4.31 Å². The zero-order chi connectivity index (χ0) is 14.8. The van der Waals surface area contributed by atoms with E-state index in [1.54, 1.807) is 6.07 Å². The van der Waals surface area contributed by atoms with Gasteiger partial charge in [-0.05, 0) is 37.4 Å². The van der Waals surface area contributed by atoms with Gasteiger partial charge in [-0.25, -0.2) is 8.42 Å². The number of sulfonamides is 1. The van der Waals surface area contributed by atoms with E-state index < -0.39 is 10.0 Å². The fourth-order valence-electron chi connectivity index (χ4n) is 2.30. The lowest BCUT2D eigenvalue weighted by atomic mass is 10.3. The third kappa shape index (κ3) is 3.59. The molecular weight excluding hydrogens is 296 g/mol. The lowest BCUT2D eigenvalue weighted by Crippen LogP contribution is -2.47. The van der Waals surface area contributed by atoms with Crippen LogP contribution < -0.4 is 5.32 Å². The van der Waals surface area contributed by atoms with Gasteiger partial charge in [0.2, 0.25) is 0 Å². The Hall–Kier alpha value is -0.470. The number of thiophene rings is 1. The van der Waals surface area contributed by atoms with Crippen LogP contribution in [0.25, 0.3) is 0 Å². The summed E-state index contributed by atoms with van der Waals surface area (Å²) >= 11 is 1.29. The van der Waals surface area contributed by atoms with Gasteiger partial charge in [0.1, 0.15) is 4.21 Å². The number of nitrogens with zero attached hydrogens (tertiary/aromatic N) is 1. The molecule has 0 amide bonds. The average Bonchev–Trinajstić information content (AvgIpc) is 2.84. The minimum atomic E-state index is -3.39. The zero-order valence-corrected chi connectivity index (χ0v) is 13.8. The number of rotatable bonds is 5. The lowest BCUT2D eigenvalue weighted by molar-refractivity contribution is -0.0440. The van der Waals surface area contributed by atoms with Crippen LogP contribution in [0.4, 0.5) is 0 Å². The van der Waals surface area contributed by atoms with E-state index in [9.17, 15) is 8.42 Å². The Kier molecular flexibility index (Phi) is 5.19. The molecule has 20 heavy (non-hydrogen) atoms. The maximum absolute atomic E-state index is 12.6. The number of hydrogen-bond acceptors (Lipinski definition) is 5. The summed E-state index contributed by atoms with van der Waals surface area (Å²) in [5.41, 5.74) is 1.02. The second kappa shape index (κ2) is 6.53. The smallest absolute Gasteiger partial charge is 0.252 e. The molecule has 0 spiro atoms. The van der Waals surface area contributed by atoms with Crippen LogP contribution >= 0.6 is 11.3 Å². The Morgan fingerprint density at radius 3 is 2.65 bits per heavy atom. The molecule has 0 aromatic carbocycles. The van der Waals surface area contributed by atoms with Crippen LogP contribution in [-0.2, 0) is 21.3 Å². The summed E-state index contributed by atoms with van der Waals surface area (Å²) in [6.45, 7) is 8.27. The van der Waals surface area contributed by atoms with Crippen LogP contribution in [0.2, 0.25) is 0 Å². The van der Waals surface area contributed by atoms with Crippen molar-refractivity contribution in [2.75, 3.05) is 19.6 Å². The van der Waals surface area contributed by atoms with Crippen molar-refractivity contribution in [1.29, 1.82) is 0 Å². The fraction of sp³-hybridized carbons (Fsp3) is 0.692. The summed E-state index contributed by atoms with van der Waals surface area (Å²) in [6, 6.07) is 1.77. The molecule has 5 nitrogen and oxygen atoms in total. The molecule has 0 bridgehead atoms. The first kappa shape index (κ1) is 15.9. The van der Waals surface area contributed by atoms with Crippen molar-refractivity contribution in [3.63, 3.8) is 0 Å². The highest BCUT2D eigenvalue weighted by atomic mass is 32.2. The Morgan fingerprint density at radius 1 is 1.40 bits per heavy atom.